The molecule has 20 heavy (non-hydrogen) atoms. The average Bonchev–Trinajstić information content (AvgIpc) is 3.23. The fourth-order valence-electron chi connectivity index (χ4n) is 1.92. The van der Waals surface area contributed by atoms with E-state index in [0.717, 1.165) is 18.4 Å². The third kappa shape index (κ3) is 2.66. The Hall–Kier alpha value is -2.30. The molecule has 1 amide bonds. The number of nitrogens with zero attached hydrogens (tertiary/aromatic N) is 2. The summed E-state index contributed by atoms with van der Waals surface area (Å²) in [6.45, 7) is 1.77. The second kappa shape index (κ2) is 5.00. The molecule has 1 aliphatic rings. The largest absolute Gasteiger partial charge is 0.349 e. The van der Waals surface area contributed by atoms with E-state index in [1.165, 1.54) is 18.3 Å². The molecule has 0 bridgehead atoms. The lowest BCUT2D eigenvalue weighted by Crippen LogP contribution is -2.26. The molecule has 0 atom stereocenters. The van der Waals surface area contributed by atoms with E-state index in [1.54, 1.807) is 19.1 Å². The summed E-state index contributed by atoms with van der Waals surface area (Å²) in [5, 5.41) is 2.91. The predicted molar refractivity (Wildman–Crippen MR) is 72.7 cm³/mol. The number of rotatable bonds is 3. The van der Waals surface area contributed by atoms with Gasteiger partial charge in [-0.3, -0.25) is 4.79 Å². The van der Waals surface area contributed by atoms with Gasteiger partial charge in [-0.1, -0.05) is 0 Å². The molecule has 1 aliphatic carbocycles. The fraction of sp³-hybridized carbons (Fsp3) is 0.267. The number of carbonyl (C=O) groups is 1. The van der Waals surface area contributed by atoms with E-state index in [1.807, 2.05) is 0 Å². The van der Waals surface area contributed by atoms with Crippen LogP contribution in [-0.4, -0.2) is 21.9 Å². The van der Waals surface area contributed by atoms with E-state index in [9.17, 15) is 9.18 Å². The maximum absolute atomic E-state index is 12.9. The number of aromatic nitrogens is 2. The molecule has 1 aromatic heterocycles. The summed E-state index contributed by atoms with van der Waals surface area (Å²) in [5.41, 5.74) is 1.84. The highest BCUT2D eigenvalue weighted by Gasteiger charge is 2.24. The Balaban J connectivity index is 1.86. The van der Waals surface area contributed by atoms with E-state index in [-0.39, 0.29) is 11.7 Å². The van der Waals surface area contributed by atoms with Crippen molar-refractivity contribution in [2.75, 3.05) is 0 Å². The minimum Gasteiger partial charge on any atom is -0.349 e. The normalized spacial score (nSPS) is 14.1. The Kier molecular flexibility index (Phi) is 3.18. The van der Waals surface area contributed by atoms with E-state index in [2.05, 4.69) is 15.3 Å². The lowest BCUT2D eigenvalue weighted by molar-refractivity contribution is 0.0949. The van der Waals surface area contributed by atoms with Crippen LogP contribution in [0.2, 0.25) is 0 Å². The molecule has 3 rings (SSSR count). The van der Waals surface area contributed by atoms with Gasteiger partial charge in [0.25, 0.3) is 5.91 Å². The first-order valence-corrected chi connectivity index (χ1v) is 6.54. The third-order valence-corrected chi connectivity index (χ3v) is 3.24. The van der Waals surface area contributed by atoms with Gasteiger partial charge in [0, 0.05) is 17.8 Å². The molecule has 0 radical (unpaired) electrons. The van der Waals surface area contributed by atoms with Crippen molar-refractivity contribution in [1.82, 2.24) is 15.3 Å². The number of nitrogens with one attached hydrogen (secondary N) is 1. The summed E-state index contributed by atoms with van der Waals surface area (Å²) < 4.78 is 12.9. The predicted octanol–water partition coefficient (Wildman–Crippen LogP) is 2.48. The first kappa shape index (κ1) is 12.7. The highest BCUT2D eigenvalue weighted by Crippen LogP contribution is 2.20. The number of amides is 1. The van der Waals surface area contributed by atoms with Crippen molar-refractivity contribution in [2.45, 2.75) is 25.8 Å². The molecule has 4 nitrogen and oxygen atoms in total. The van der Waals surface area contributed by atoms with Crippen molar-refractivity contribution in [3.63, 3.8) is 0 Å². The second-order valence-electron chi connectivity index (χ2n) is 4.95. The van der Waals surface area contributed by atoms with Crippen molar-refractivity contribution in [3.05, 3.63) is 47.5 Å². The molecule has 102 valence electrons. The number of hydrogen-bond acceptors (Lipinski definition) is 3. The molecule has 2 aromatic rings. The van der Waals surface area contributed by atoms with Gasteiger partial charge in [-0.15, -0.1) is 0 Å². The number of halogens is 1. The molecule has 0 aliphatic heterocycles. The number of benzene rings is 1. The molecular formula is C15H14FN3O. The summed E-state index contributed by atoms with van der Waals surface area (Å²) in [4.78, 5) is 20.5. The zero-order chi connectivity index (χ0) is 14.1. The van der Waals surface area contributed by atoms with Crippen LogP contribution in [0.3, 0.4) is 0 Å². The Labute approximate surface area is 116 Å². The second-order valence-corrected chi connectivity index (χ2v) is 4.95. The number of aryl methyl sites for hydroxylation is 1. The molecule has 1 heterocycles. The monoisotopic (exact) mass is 271 g/mol. The highest BCUT2D eigenvalue weighted by molar-refractivity contribution is 5.95. The van der Waals surface area contributed by atoms with E-state index in [4.69, 9.17) is 0 Å². The van der Waals surface area contributed by atoms with Crippen LogP contribution in [0.5, 0.6) is 0 Å². The first-order chi connectivity index (χ1) is 9.63. The highest BCUT2D eigenvalue weighted by atomic mass is 19.1. The van der Waals surface area contributed by atoms with E-state index < -0.39 is 0 Å². The van der Waals surface area contributed by atoms with Gasteiger partial charge in [0.05, 0.1) is 11.3 Å². The average molecular weight is 271 g/mol. The van der Waals surface area contributed by atoms with Crippen LogP contribution in [0.25, 0.3) is 11.4 Å². The zero-order valence-electron chi connectivity index (χ0n) is 11.1. The molecule has 5 heteroatoms. The Bertz CT molecular complexity index is 651. The van der Waals surface area contributed by atoms with Gasteiger partial charge in [0.2, 0.25) is 0 Å². The van der Waals surface area contributed by atoms with Crippen molar-refractivity contribution < 1.29 is 9.18 Å². The van der Waals surface area contributed by atoms with Gasteiger partial charge in [0.1, 0.15) is 5.82 Å². The van der Waals surface area contributed by atoms with Gasteiger partial charge in [-0.05, 0) is 44.0 Å². The van der Waals surface area contributed by atoms with Gasteiger partial charge < -0.3 is 5.32 Å². The Morgan fingerprint density at radius 3 is 2.60 bits per heavy atom. The minimum atomic E-state index is -0.300. The SMILES string of the molecule is Cc1nc(-c2ccc(F)cc2)ncc1C(=O)NC1CC1. The molecule has 1 N–H and O–H groups in total. The van der Waals surface area contributed by atoms with Crippen molar-refractivity contribution in [3.8, 4) is 11.4 Å². The van der Waals surface area contributed by atoms with Gasteiger partial charge in [-0.25, -0.2) is 14.4 Å². The number of carbonyl (C=O) groups excluding carboxylic acids is 1. The Morgan fingerprint density at radius 2 is 2.00 bits per heavy atom. The summed E-state index contributed by atoms with van der Waals surface area (Å²) in [6.07, 6.45) is 3.61. The topological polar surface area (TPSA) is 54.9 Å². The van der Waals surface area contributed by atoms with Crippen LogP contribution >= 0.6 is 0 Å². The zero-order valence-corrected chi connectivity index (χ0v) is 11.1. The molecule has 1 aromatic carbocycles. The molecule has 1 fully saturated rings. The number of hydrogen-bond donors (Lipinski definition) is 1. The molecule has 0 spiro atoms. The lowest BCUT2D eigenvalue weighted by atomic mass is 10.2. The van der Waals surface area contributed by atoms with Crippen molar-refractivity contribution >= 4 is 5.91 Å². The summed E-state index contributed by atoms with van der Waals surface area (Å²) in [6, 6.07) is 6.27. The van der Waals surface area contributed by atoms with Crippen molar-refractivity contribution in [1.29, 1.82) is 0 Å². The molecular weight excluding hydrogens is 257 g/mol. The van der Waals surface area contributed by atoms with Crippen molar-refractivity contribution in [2.24, 2.45) is 0 Å². The minimum absolute atomic E-state index is 0.129. The van der Waals surface area contributed by atoms with Gasteiger partial charge >= 0.3 is 0 Å². The maximum Gasteiger partial charge on any atom is 0.254 e. The molecule has 1 saturated carbocycles. The van der Waals surface area contributed by atoms with Gasteiger partial charge in [-0.2, -0.15) is 0 Å². The van der Waals surface area contributed by atoms with Gasteiger partial charge in [0.15, 0.2) is 5.82 Å². The summed E-state index contributed by atoms with van der Waals surface area (Å²) >= 11 is 0. The first-order valence-electron chi connectivity index (χ1n) is 6.54. The van der Waals surface area contributed by atoms with E-state index >= 15 is 0 Å². The third-order valence-electron chi connectivity index (χ3n) is 3.24. The van der Waals surface area contributed by atoms with Crippen LogP contribution in [0.1, 0.15) is 28.9 Å². The van der Waals surface area contributed by atoms with Crippen LogP contribution in [0, 0.1) is 12.7 Å². The van der Waals surface area contributed by atoms with Crippen LogP contribution < -0.4 is 5.32 Å². The van der Waals surface area contributed by atoms with E-state index in [0.29, 0.717) is 23.1 Å². The molecule has 0 saturated heterocycles. The van der Waals surface area contributed by atoms with Crippen LogP contribution in [0.4, 0.5) is 4.39 Å². The summed E-state index contributed by atoms with van der Waals surface area (Å²) in [5.74, 6) is 0.0621. The van der Waals surface area contributed by atoms with Crippen LogP contribution in [-0.2, 0) is 0 Å². The maximum atomic E-state index is 12.9. The molecule has 0 unspecified atom stereocenters. The standard InChI is InChI=1S/C15H14FN3O/c1-9-13(15(20)19-12-6-7-12)8-17-14(18-9)10-2-4-11(16)5-3-10/h2-5,8,12H,6-7H2,1H3,(H,19,20). The fourth-order valence-corrected chi connectivity index (χ4v) is 1.92. The quantitative estimate of drug-likeness (QED) is 0.933. The van der Waals surface area contributed by atoms with Crippen LogP contribution in [0.15, 0.2) is 30.5 Å². The smallest absolute Gasteiger partial charge is 0.254 e. The lowest BCUT2D eigenvalue weighted by Gasteiger charge is -2.07. The Morgan fingerprint density at radius 1 is 1.30 bits per heavy atom. The summed E-state index contributed by atoms with van der Waals surface area (Å²) in [7, 11) is 0.